The predicted molar refractivity (Wildman–Crippen MR) is 264 cm³/mol. The molecular weight excluding hydrogens is 813 g/mol. The normalized spacial score (nSPS) is 21.3. The maximum Gasteiger partial charge on any atom is 0.320 e. The number of aryl methyl sites for hydroxylation is 2. The minimum Gasteiger partial charge on any atom is -0.326 e. The van der Waals surface area contributed by atoms with Crippen molar-refractivity contribution in [3.63, 3.8) is 0 Å². The molecule has 0 saturated carbocycles. The Kier molecular flexibility index (Phi) is 24.4. The van der Waals surface area contributed by atoms with Crippen LogP contribution in [0.2, 0.25) is 0 Å². The third-order valence-corrected chi connectivity index (χ3v) is 12.2. The first-order chi connectivity index (χ1) is 26.8. The number of benzene rings is 3. The zero-order chi connectivity index (χ0) is 38.4. The number of nitrogens with one attached hydrogen (secondary N) is 1. The maximum absolute atomic E-state index is 13.1. The van der Waals surface area contributed by atoms with E-state index in [0.717, 1.165) is 104 Å². The van der Waals surface area contributed by atoms with Crippen LogP contribution in [0.25, 0.3) is 0 Å². The van der Waals surface area contributed by atoms with Gasteiger partial charge in [0.25, 0.3) is 0 Å². The molecular formula is C45H74N8O2S4. The number of carbonyl (C=O) groups excluding carboxylic acids is 2. The summed E-state index contributed by atoms with van der Waals surface area (Å²) in [5, 5.41) is 3.61. The van der Waals surface area contributed by atoms with E-state index in [1.54, 1.807) is 0 Å². The van der Waals surface area contributed by atoms with Gasteiger partial charge in [-0.25, -0.2) is 9.59 Å². The second kappa shape index (κ2) is 27.4. The summed E-state index contributed by atoms with van der Waals surface area (Å²) in [6.45, 7) is 10.4. The first-order valence-electron chi connectivity index (χ1n) is 20.9. The van der Waals surface area contributed by atoms with E-state index in [-0.39, 0.29) is 72.1 Å². The molecule has 4 aliphatic rings. The van der Waals surface area contributed by atoms with E-state index in [4.69, 9.17) is 5.73 Å². The topological polar surface area (TPSA) is 91.6 Å². The van der Waals surface area contributed by atoms with Crippen molar-refractivity contribution in [3.8, 4) is 0 Å². The van der Waals surface area contributed by atoms with Crippen molar-refractivity contribution >= 4 is 66.0 Å². The lowest BCUT2D eigenvalue weighted by Crippen LogP contribution is -2.47. The lowest BCUT2D eigenvalue weighted by Gasteiger charge is -2.29. The number of nitrogens with zero attached hydrogens (tertiary/aromatic N) is 6. The minimum absolute atomic E-state index is 0. The quantitative estimate of drug-likeness (QED) is 0.225. The lowest BCUT2D eigenvalue weighted by atomic mass is 10.1. The molecule has 0 bridgehead atoms. The summed E-state index contributed by atoms with van der Waals surface area (Å²) >= 11 is 0. The minimum atomic E-state index is 0. The van der Waals surface area contributed by atoms with Crippen molar-refractivity contribution < 1.29 is 9.59 Å². The van der Waals surface area contributed by atoms with Crippen LogP contribution in [0.4, 0.5) is 9.59 Å². The van der Waals surface area contributed by atoms with Crippen molar-refractivity contribution in [1.29, 1.82) is 0 Å². The molecule has 3 aromatic rings. The number of hydrogen-bond donors (Lipinski definition) is 2. The monoisotopic (exact) mass is 886 g/mol. The van der Waals surface area contributed by atoms with E-state index in [1.165, 1.54) is 29.5 Å². The van der Waals surface area contributed by atoms with Gasteiger partial charge in [0.15, 0.2) is 0 Å². The number of hydrogen-bond acceptors (Lipinski definition) is 6. The van der Waals surface area contributed by atoms with Crippen molar-refractivity contribution in [1.82, 2.24) is 34.7 Å². The van der Waals surface area contributed by atoms with E-state index in [9.17, 15) is 9.59 Å². The van der Waals surface area contributed by atoms with Gasteiger partial charge in [-0.3, -0.25) is 0 Å². The van der Waals surface area contributed by atoms with Gasteiger partial charge in [0.1, 0.15) is 0 Å². The van der Waals surface area contributed by atoms with Gasteiger partial charge in [-0.1, -0.05) is 91.0 Å². The molecule has 4 fully saturated rings. The third kappa shape index (κ3) is 16.3. The molecule has 330 valence electrons. The van der Waals surface area contributed by atoms with Crippen LogP contribution in [0.15, 0.2) is 91.0 Å². The molecule has 4 aliphatic heterocycles. The van der Waals surface area contributed by atoms with E-state index in [1.807, 2.05) is 39.8 Å². The molecule has 4 saturated heterocycles. The molecule has 0 unspecified atom stereocenters. The SMILES string of the molecule is CN(C(=O)N1CC[C@H](N)C1)[C@H]1CCN(CCCc2ccccc2)C1.CN(C(=O)N1CC[C@H](NCc2ccccc2)C1)[C@H]1CCN(CCCc2ccccc2)C1.S.S.S.S. The van der Waals surface area contributed by atoms with Crippen LogP contribution in [-0.2, 0) is 19.4 Å². The van der Waals surface area contributed by atoms with Crippen LogP contribution < -0.4 is 11.1 Å². The summed E-state index contributed by atoms with van der Waals surface area (Å²) in [6.07, 6.45) is 8.72. The van der Waals surface area contributed by atoms with Gasteiger partial charge < -0.3 is 40.4 Å². The predicted octanol–water partition coefficient (Wildman–Crippen LogP) is 5.84. The highest BCUT2D eigenvalue weighted by molar-refractivity contribution is 7.59. The molecule has 59 heavy (non-hydrogen) atoms. The van der Waals surface area contributed by atoms with Gasteiger partial charge in [-0.05, 0) is 81.1 Å². The number of likely N-dealkylation sites (tertiary alicyclic amines) is 4. The zero-order valence-corrected chi connectivity index (χ0v) is 39.5. The van der Waals surface area contributed by atoms with Crippen LogP contribution in [0.5, 0.6) is 0 Å². The first kappa shape index (κ1) is 52.6. The molecule has 3 aromatic carbocycles. The second-order valence-electron chi connectivity index (χ2n) is 16.2. The van der Waals surface area contributed by atoms with Crippen molar-refractivity contribution in [2.45, 2.75) is 82.1 Å². The Labute approximate surface area is 383 Å². The van der Waals surface area contributed by atoms with E-state index in [0.29, 0.717) is 24.7 Å². The summed E-state index contributed by atoms with van der Waals surface area (Å²) in [5.41, 5.74) is 10.0. The van der Waals surface area contributed by atoms with Crippen molar-refractivity contribution in [2.75, 3.05) is 79.5 Å². The smallest absolute Gasteiger partial charge is 0.320 e. The summed E-state index contributed by atoms with van der Waals surface area (Å²) in [5.74, 6) is 0. The maximum atomic E-state index is 13.1. The summed E-state index contributed by atoms with van der Waals surface area (Å²) < 4.78 is 0. The van der Waals surface area contributed by atoms with Gasteiger partial charge in [-0.2, -0.15) is 54.0 Å². The zero-order valence-electron chi connectivity index (χ0n) is 35.5. The number of urea groups is 2. The molecule has 7 rings (SSSR count). The van der Waals surface area contributed by atoms with Crippen molar-refractivity contribution in [3.05, 3.63) is 108 Å². The highest BCUT2D eigenvalue weighted by Gasteiger charge is 2.34. The standard InChI is InChI=1S/C26H36N4O.C19H30N4O.4H2S/c1-28(25-15-17-29(21-25)16-8-13-22-9-4-2-5-10-22)26(31)30-18-14-24(20-30)27-19-23-11-6-3-7-12-23;1-21(19(24)23-13-9-17(20)14-23)18-10-12-22(15-18)11-5-8-16-6-3-2-4-7-16;;;;/h2-7,9-12,24-25,27H,8,13-21H2,1H3;2-4,6-7,17-18H,5,8-15,20H2,1H3;4*1H2/t24-,25-;17-,18-;;;;/m00..../s1. The molecule has 0 radical (unpaired) electrons. The van der Waals surface area contributed by atoms with Gasteiger partial charge in [-0.15, -0.1) is 0 Å². The molecule has 4 heterocycles. The van der Waals surface area contributed by atoms with Crippen molar-refractivity contribution in [2.24, 2.45) is 5.73 Å². The van der Waals surface area contributed by atoms with Gasteiger partial charge in [0.2, 0.25) is 0 Å². The fourth-order valence-electron chi connectivity index (χ4n) is 8.64. The number of carbonyl (C=O) groups is 2. The second-order valence-corrected chi connectivity index (χ2v) is 16.2. The Morgan fingerprint density at radius 1 is 0.576 bits per heavy atom. The summed E-state index contributed by atoms with van der Waals surface area (Å²) in [4.78, 5) is 38.5. The van der Waals surface area contributed by atoms with Crippen LogP contribution in [0, 0.1) is 0 Å². The molecule has 3 N–H and O–H groups in total. The molecule has 10 nitrogen and oxygen atoms in total. The highest BCUT2D eigenvalue weighted by atomic mass is 32.1. The molecule has 4 amide bonds. The third-order valence-electron chi connectivity index (χ3n) is 12.2. The average molecular weight is 887 g/mol. The fourth-order valence-corrected chi connectivity index (χ4v) is 8.64. The number of amides is 4. The Balaban J connectivity index is 0.000000391. The number of likely N-dealkylation sites (N-methyl/N-ethyl adjacent to an activating group) is 2. The Morgan fingerprint density at radius 3 is 1.44 bits per heavy atom. The summed E-state index contributed by atoms with van der Waals surface area (Å²) in [6, 6.07) is 33.4. The van der Waals surface area contributed by atoms with Crippen LogP contribution in [0.3, 0.4) is 0 Å². The average Bonchev–Trinajstić information content (AvgIpc) is 4.06. The van der Waals surface area contributed by atoms with Crippen LogP contribution in [-0.4, -0.2) is 145 Å². The lowest BCUT2D eigenvalue weighted by molar-refractivity contribution is 0.154. The number of nitrogens with two attached hydrogens (primary N) is 1. The largest absolute Gasteiger partial charge is 0.326 e. The fraction of sp³-hybridized carbons (Fsp3) is 0.556. The summed E-state index contributed by atoms with van der Waals surface area (Å²) in [7, 11) is 3.94. The van der Waals surface area contributed by atoms with Crippen LogP contribution >= 0.6 is 54.0 Å². The Morgan fingerprint density at radius 2 is 1.00 bits per heavy atom. The Hall–Kier alpha value is -2.56. The van der Waals surface area contributed by atoms with E-state index >= 15 is 0 Å². The molecule has 14 heteroatoms. The molecule has 4 atom stereocenters. The highest BCUT2D eigenvalue weighted by Crippen LogP contribution is 2.21. The molecule has 0 aliphatic carbocycles. The van der Waals surface area contributed by atoms with E-state index in [2.05, 4.69) is 100 Å². The first-order valence-corrected chi connectivity index (χ1v) is 20.9. The number of rotatable bonds is 13. The van der Waals surface area contributed by atoms with Gasteiger partial charge >= 0.3 is 12.1 Å². The molecule has 0 spiro atoms. The van der Waals surface area contributed by atoms with E-state index < -0.39 is 0 Å². The van der Waals surface area contributed by atoms with Gasteiger partial charge in [0.05, 0.1) is 0 Å². The van der Waals surface area contributed by atoms with Crippen LogP contribution in [0.1, 0.15) is 55.2 Å². The Bertz CT molecular complexity index is 1600. The van der Waals surface area contributed by atoms with Gasteiger partial charge in [0, 0.05) is 97.2 Å². The molecule has 0 aromatic heterocycles.